The molecule has 4 heteroatoms. The molecule has 1 nitrogen and oxygen atoms in total. The van der Waals surface area contributed by atoms with Crippen molar-refractivity contribution in [1.29, 1.82) is 0 Å². The molecule has 0 aliphatic heterocycles. The summed E-state index contributed by atoms with van der Waals surface area (Å²) in [5.74, 6) is -2.14. The normalized spacial score (nSPS) is 12.5. The van der Waals surface area contributed by atoms with Gasteiger partial charge in [-0.25, -0.2) is 13.2 Å². The standard InChI is InChI=1S/C17H18F3N/c1-4-21-17(14-9-12(18)7-5-10(14)2)13-8-6-11(3)15(19)16(13)20/h5-9,17,21H,4H2,1-3H3. The Morgan fingerprint density at radius 1 is 0.905 bits per heavy atom. The van der Waals surface area contributed by atoms with Crippen LogP contribution in [0.1, 0.15) is 35.2 Å². The Morgan fingerprint density at radius 2 is 1.57 bits per heavy atom. The predicted molar refractivity (Wildman–Crippen MR) is 77.8 cm³/mol. The Labute approximate surface area is 122 Å². The highest BCUT2D eigenvalue weighted by molar-refractivity contribution is 5.39. The summed E-state index contributed by atoms with van der Waals surface area (Å²) in [6.07, 6.45) is 0. The Bertz CT molecular complexity index is 653. The topological polar surface area (TPSA) is 12.0 Å². The van der Waals surface area contributed by atoms with Crippen LogP contribution in [0.5, 0.6) is 0 Å². The molecule has 0 aliphatic carbocycles. The Balaban J connectivity index is 2.59. The van der Waals surface area contributed by atoms with E-state index in [0.717, 1.165) is 5.56 Å². The average Bonchev–Trinajstić information content (AvgIpc) is 2.46. The number of hydrogen-bond donors (Lipinski definition) is 1. The van der Waals surface area contributed by atoms with Gasteiger partial charge >= 0.3 is 0 Å². The van der Waals surface area contributed by atoms with E-state index in [4.69, 9.17) is 0 Å². The zero-order chi connectivity index (χ0) is 15.6. The molecule has 0 saturated carbocycles. The molecule has 2 rings (SSSR count). The fourth-order valence-electron chi connectivity index (χ4n) is 2.40. The third-order valence-electron chi connectivity index (χ3n) is 3.58. The van der Waals surface area contributed by atoms with Gasteiger partial charge in [-0.3, -0.25) is 0 Å². The van der Waals surface area contributed by atoms with Gasteiger partial charge in [0.1, 0.15) is 5.82 Å². The van der Waals surface area contributed by atoms with Crippen molar-refractivity contribution in [1.82, 2.24) is 5.32 Å². The van der Waals surface area contributed by atoms with Gasteiger partial charge in [0.05, 0.1) is 6.04 Å². The second-order valence-electron chi connectivity index (χ2n) is 5.09. The van der Waals surface area contributed by atoms with E-state index in [9.17, 15) is 13.2 Å². The molecule has 0 aromatic heterocycles. The van der Waals surface area contributed by atoms with Gasteiger partial charge in [-0.1, -0.05) is 25.1 Å². The molecular formula is C17H18F3N. The van der Waals surface area contributed by atoms with Crippen molar-refractivity contribution in [2.45, 2.75) is 26.8 Å². The highest BCUT2D eigenvalue weighted by Crippen LogP contribution is 2.29. The molecule has 0 saturated heterocycles. The molecule has 2 aromatic carbocycles. The number of halogens is 3. The van der Waals surface area contributed by atoms with Crippen molar-refractivity contribution in [3.8, 4) is 0 Å². The molecule has 2 aromatic rings. The molecule has 0 aliphatic rings. The van der Waals surface area contributed by atoms with E-state index >= 15 is 0 Å². The Hall–Kier alpha value is -1.81. The first kappa shape index (κ1) is 15.6. The molecule has 1 N–H and O–H groups in total. The zero-order valence-corrected chi connectivity index (χ0v) is 12.3. The molecule has 0 amide bonds. The number of hydrogen-bond acceptors (Lipinski definition) is 1. The first-order valence-corrected chi connectivity index (χ1v) is 6.89. The quantitative estimate of drug-likeness (QED) is 0.880. The largest absolute Gasteiger partial charge is 0.306 e. The van der Waals surface area contributed by atoms with E-state index in [0.29, 0.717) is 12.1 Å². The SMILES string of the molecule is CCNC(c1cc(F)ccc1C)c1ccc(C)c(F)c1F. The number of nitrogens with one attached hydrogen (secondary N) is 1. The monoisotopic (exact) mass is 293 g/mol. The molecule has 112 valence electrons. The van der Waals surface area contributed by atoms with Crippen LogP contribution in [-0.2, 0) is 0 Å². The van der Waals surface area contributed by atoms with Crippen molar-refractivity contribution in [2.75, 3.05) is 6.54 Å². The number of aryl methyl sites for hydroxylation is 2. The van der Waals surface area contributed by atoms with Crippen LogP contribution >= 0.6 is 0 Å². The fraction of sp³-hybridized carbons (Fsp3) is 0.294. The van der Waals surface area contributed by atoms with Crippen LogP contribution in [0.3, 0.4) is 0 Å². The average molecular weight is 293 g/mol. The highest BCUT2D eigenvalue weighted by Gasteiger charge is 2.22. The number of rotatable bonds is 4. The van der Waals surface area contributed by atoms with Gasteiger partial charge in [-0.15, -0.1) is 0 Å². The van der Waals surface area contributed by atoms with Crippen molar-refractivity contribution in [3.63, 3.8) is 0 Å². The lowest BCUT2D eigenvalue weighted by Crippen LogP contribution is -2.24. The molecule has 0 radical (unpaired) electrons. The van der Waals surface area contributed by atoms with E-state index in [1.165, 1.54) is 25.1 Å². The van der Waals surface area contributed by atoms with Crippen LogP contribution in [0.4, 0.5) is 13.2 Å². The first-order valence-electron chi connectivity index (χ1n) is 6.89. The Kier molecular flexibility index (Phi) is 4.68. The molecular weight excluding hydrogens is 275 g/mol. The maximum absolute atomic E-state index is 14.2. The van der Waals surface area contributed by atoms with Crippen LogP contribution in [0.15, 0.2) is 30.3 Å². The van der Waals surface area contributed by atoms with Crippen LogP contribution < -0.4 is 5.32 Å². The van der Waals surface area contributed by atoms with E-state index in [-0.39, 0.29) is 11.1 Å². The lowest BCUT2D eigenvalue weighted by Gasteiger charge is -2.22. The van der Waals surface area contributed by atoms with Gasteiger partial charge in [-0.05, 0) is 49.2 Å². The van der Waals surface area contributed by atoms with Crippen LogP contribution in [0.2, 0.25) is 0 Å². The molecule has 0 spiro atoms. The zero-order valence-electron chi connectivity index (χ0n) is 12.3. The van der Waals surface area contributed by atoms with E-state index < -0.39 is 23.5 Å². The summed E-state index contributed by atoms with van der Waals surface area (Å²) in [5.41, 5.74) is 1.87. The smallest absolute Gasteiger partial charge is 0.164 e. The Morgan fingerprint density at radius 3 is 2.24 bits per heavy atom. The second kappa shape index (κ2) is 6.31. The highest BCUT2D eigenvalue weighted by atomic mass is 19.2. The molecule has 1 atom stereocenters. The lowest BCUT2D eigenvalue weighted by molar-refractivity contribution is 0.477. The third-order valence-corrected chi connectivity index (χ3v) is 3.58. The summed E-state index contributed by atoms with van der Waals surface area (Å²) in [7, 11) is 0. The first-order chi connectivity index (χ1) is 9.95. The summed E-state index contributed by atoms with van der Waals surface area (Å²) in [4.78, 5) is 0. The van der Waals surface area contributed by atoms with E-state index in [2.05, 4.69) is 5.32 Å². The minimum Gasteiger partial charge on any atom is -0.306 e. The number of benzene rings is 2. The van der Waals surface area contributed by atoms with E-state index in [1.54, 1.807) is 12.1 Å². The fourth-order valence-corrected chi connectivity index (χ4v) is 2.40. The van der Waals surface area contributed by atoms with Crippen molar-refractivity contribution in [2.24, 2.45) is 0 Å². The van der Waals surface area contributed by atoms with E-state index in [1.807, 2.05) is 13.8 Å². The molecule has 21 heavy (non-hydrogen) atoms. The minimum atomic E-state index is -0.885. The van der Waals surface area contributed by atoms with Gasteiger partial charge in [0, 0.05) is 5.56 Å². The summed E-state index contributed by atoms with van der Waals surface area (Å²) in [6, 6.07) is 6.85. The molecule has 1 unspecified atom stereocenters. The van der Waals surface area contributed by atoms with Gasteiger partial charge in [0.25, 0.3) is 0 Å². The summed E-state index contributed by atoms with van der Waals surface area (Å²) < 4.78 is 41.6. The van der Waals surface area contributed by atoms with Gasteiger partial charge < -0.3 is 5.32 Å². The summed E-state index contributed by atoms with van der Waals surface area (Å²) in [6.45, 7) is 5.75. The predicted octanol–water partition coefficient (Wildman–Crippen LogP) is 4.42. The van der Waals surface area contributed by atoms with Crippen molar-refractivity contribution < 1.29 is 13.2 Å². The van der Waals surface area contributed by atoms with Crippen molar-refractivity contribution in [3.05, 3.63) is 70.0 Å². The molecule has 0 fully saturated rings. The van der Waals surface area contributed by atoms with Crippen LogP contribution in [-0.4, -0.2) is 6.54 Å². The molecule has 0 bridgehead atoms. The van der Waals surface area contributed by atoms with Crippen LogP contribution in [0, 0.1) is 31.3 Å². The minimum absolute atomic E-state index is 0.189. The van der Waals surface area contributed by atoms with Crippen molar-refractivity contribution >= 4 is 0 Å². The summed E-state index contributed by atoms with van der Waals surface area (Å²) in [5, 5.41) is 3.10. The second-order valence-corrected chi connectivity index (χ2v) is 5.09. The molecule has 0 heterocycles. The summed E-state index contributed by atoms with van der Waals surface area (Å²) >= 11 is 0. The lowest BCUT2D eigenvalue weighted by atomic mass is 9.93. The van der Waals surface area contributed by atoms with Gasteiger partial charge in [0.2, 0.25) is 0 Å². The van der Waals surface area contributed by atoms with Gasteiger partial charge in [0.15, 0.2) is 11.6 Å². The van der Waals surface area contributed by atoms with Gasteiger partial charge in [-0.2, -0.15) is 0 Å². The third kappa shape index (κ3) is 3.10. The van der Waals surface area contributed by atoms with Crippen LogP contribution in [0.25, 0.3) is 0 Å². The maximum atomic E-state index is 14.2. The maximum Gasteiger partial charge on any atom is 0.164 e.